The highest BCUT2D eigenvalue weighted by molar-refractivity contribution is 5.77. The Morgan fingerprint density at radius 1 is 1.53 bits per heavy atom. The highest BCUT2D eigenvalue weighted by atomic mass is 16.2. The van der Waals surface area contributed by atoms with Gasteiger partial charge in [-0.2, -0.15) is 0 Å². The smallest absolute Gasteiger partial charge is 0.236 e. The second-order valence-corrected chi connectivity index (χ2v) is 5.56. The van der Waals surface area contributed by atoms with E-state index in [1.807, 2.05) is 11.9 Å². The maximum Gasteiger partial charge on any atom is 0.236 e. The molecule has 0 radical (unpaired) electrons. The van der Waals surface area contributed by atoms with E-state index in [9.17, 15) is 4.79 Å². The number of hydrogen-bond donors (Lipinski definition) is 1. The number of likely N-dealkylation sites (N-methyl/N-ethyl adjacent to an activating group) is 1. The van der Waals surface area contributed by atoms with E-state index in [0.717, 1.165) is 18.9 Å². The Morgan fingerprint density at radius 2 is 2.24 bits per heavy atom. The van der Waals surface area contributed by atoms with Gasteiger partial charge in [0.05, 0.1) is 6.54 Å². The SMILES string of the molecule is CC(C)NCC(=O)N(C)CCC1CCN(C)C1. The number of nitrogens with one attached hydrogen (secondary N) is 1. The lowest BCUT2D eigenvalue weighted by Gasteiger charge is -2.20. The van der Waals surface area contributed by atoms with E-state index in [0.29, 0.717) is 12.6 Å². The number of carbonyl (C=O) groups excluding carboxylic acids is 1. The van der Waals surface area contributed by atoms with Crippen LogP contribution in [0.2, 0.25) is 0 Å². The zero-order valence-electron chi connectivity index (χ0n) is 11.7. The molecule has 100 valence electrons. The first kappa shape index (κ1) is 14.5. The lowest BCUT2D eigenvalue weighted by Crippen LogP contribution is -2.39. The molecule has 1 atom stereocenters. The monoisotopic (exact) mass is 241 g/mol. The first-order chi connectivity index (χ1) is 7.99. The summed E-state index contributed by atoms with van der Waals surface area (Å²) in [5, 5.41) is 3.16. The maximum atomic E-state index is 11.8. The minimum Gasteiger partial charge on any atom is -0.345 e. The van der Waals surface area contributed by atoms with Gasteiger partial charge in [0.2, 0.25) is 5.91 Å². The third-order valence-corrected chi connectivity index (χ3v) is 3.45. The second-order valence-electron chi connectivity index (χ2n) is 5.56. The third-order valence-electron chi connectivity index (χ3n) is 3.45. The molecule has 1 saturated heterocycles. The summed E-state index contributed by atoms with van der Waals surface area (Å²) in [4.78, 5) is 16.0. The van der Waals surface area contributed by atoms with Gasteiger partial charge in [-0.25, -0.2) is 0 Å². The molecule has 0 spiro atoms. The van der Waals surface area contributed by atoms with Crippen LogP contribution in [-0.2, 0) is 4.79 Å². The van der Waals surface area contributed by atoms with Crippen LogP contribution in [0.3, 0.4) is 0 Å². The molecule has 1 aliphatic rings. The molecule has 0 aromatic heterocycles. The molecule has 0 saturated carbocycles. The largest absolute Gasteiger partial charge is 0.345 e. The summed E-state index contributed by atoms with van der Waals surface area (Å²) in [6, 6.07) is 0.371. The molecule has 1 rings (SSSR count). The molecule has 0 bridgehead atoms. The molecule has 1 heterocycles. The van der Waals surface area contributed by atoms with Gasteiger partial charge in [-0.15, -0.1) is 0 Å². The topological polar surface area (TPSA) is 35.6 Å². The van der Waals surface area contributed by atoms with Gasteiger partial charge in [-0.3, -0.25) is 4.79 Å². The van der Waals surface area contributed by atoms with Gasteiger partial charge in [0.15, 0.2) is 0 Å². The van der Waals surface area contributed by atoms with Crippen LogP contribution in [0.4, 0.5) is 0 Å². The quantitative estimate of drug-likeness (QED) is 0.746. The minimum absolute atomic E-state index is 0.199. The molecule has 1 aliphatic heterocycles. The van der Waals surface area contributed by atoms with Crippen molar-refractivity contribution in [3.8, 4) is 0 Å². The first-order valence-corrected chi connectivity index (χ1v) is 6.65. The van der Waals surface area contributed by atoms with Gasteiger partial charge in [0.25, 0.3) is 0 Å². The van der Waals surface area contributed by atoms with Crippen molar-refractivity contribution in [1.82, 2.24) is 15.1 Å². The Kier molecular flexibility index (Phi) is 5.92. The number of nitrogens with zero attached hydrogens (tertiary/aromatic N) is 2. The van der Waals surface area contributed by atoms with Crippen LogP contribution in [0, 0.1) is 5.92 Å². The van der Waals surface area contributed by atoms with Crippen molar-refractivity contribution >= 4 is 5.91 Å². The average molecular weight is 241 g/mol. The Labute approximate surface area is 105 Å². The molecule has 0 aliphatic carbocycles. The minimum atomic E-state index is 0.199. The van der Waals surface area contributed by atoms with E-state index >= 15 is 0 Å². The van der Waals surface area contributed by atoms with E-state index in [4.69, 9.17) is 0 Å². The van der Waals surface area contributed by atoms with Crippen LogP contribution >= 0.6 is 0 Å². The molecule has 4 heteroatoms. The van der Waals surface area contributed by atoms with Crippen LogP contribution in [0.15, 0.2) is 0 Å². The molecule has 17 heavy (non-hydrogen) atoms. The summed E-state index contributed by atoms with van der Waals surface area (Å²) < 4.78 is 0. The van der Waals surface area contributed by atoms with Crippen molar-refractivity contribution in [3.63, 3.8) is 0 Å². The molecule has 1 unspecified atom stereocenters. The number of rotatable bonds is 6. The van der Waals surface area contributed by atoms with E-state index in [2.05, 4.69) is 31.1 Å². The molecule has 1 amide bonds. The van der Waals surface area contributed by atoms with E-state index in [-0.39, 0.29) is 5.91 Å². The Balaban J connectivity index is 2.15. The lowest BCUT2D eigenvalue weighted by molar-refractivity contribution is -0.129. The highest BCUT2D eigenvalue weighted by Gasteiger charge is 2.20. The summed E-state index contributed by atoms with van der Waals surface area (Å²) in [5.41, 5.74) is 0. The molecular weight excluding hydrogens is 214 g/mol. The van der Waals surface area contributed by atoms with Crippen LogP contribution in [0.25, 0.3) is 0 Å². The standard InChI is InChI=1S/C13H27N3O/c1-11(2)14-9-13(17)16(4)8-6-12-5-7-15(3)10-12/h11-12,14H,5-10H2,1-4H3. The van der Waals surface area contributed by atoms with Crippen LogP contribution in [0.1, 0.15) is 26.7 Å². The highest BCUT2D eigenvalue weighted by Crippen LogP contribution is 2.17. The summed E-state index contributed by atoms with van der Waals surface area (Å²) >= 11 is 0. The maximum absolute atomic E-state index is 11.8. The zero-order valence-corrected chi connectivity index (χ0v) is 11.7. The number of carbonyl (C=O) groups is 1. The summed E-state index contributed by atoms with van der Waals surface area (Å²) in [5.74, 6) is 0.971. The molecular formula is C13H27N3O. The first-order valence-electron chi connectivity index (χ1n) is 6.65. The summed E-state index contributed by atoms with van der Waals surface area (Å²) in [7, 11) is 4.07. The number of hydrogen-bond acceptors (Lipinski definition) is 3. The second kappa shape index (κ2) is 6.97. The normalized spacial score (nSPS) is 21.1. The molecule has 4 nitrogen and oxygen atoms in total. The molecule has 1 N–H and O–H groups in total. The molecule has 1 fully saturated rings. The zero-order chi connectivity index (χ0) is 12.8. The van der Waals surface area contributed by atoms with E-state index in [1.165, 1.54) is 19.5 Å². The Morgan fingerprint density at radius 3 is 2.76 bits per heavy atom. The van der Waals surface area contributed by atoms with Crippen molar-refractivity contribution in [2.75, 3.05) is 40.3 Å². The van der Waals surface area contributed by atoms with Crippen molar-refractivity contribution in [1.29, 1.82) is 0 Å². The fourth-order valence-corrected chi connectivity index (χ4v) is 2.19. The van der Waals surface area contributed by atoms with E-state index < -0.39 is 0 Å². The van der Waals surface area contributed by atoms with Crippen molar-refractivity contribution < 1.29 is 4.79 Å². The van der Waals surface area contributed by atoms with Crippen LogP contribution in [-0.4, -0.2) is 62.0 Å². The summed E-state index contributed by atoms with van der Waals surface area (Å²) in [6.07, 6.45) is 2.41. The Bertz CT molecular complexity index is 243. The number of amides is 1. The Hall–Kier alpha value is -0.610. The summed E-state index contributed by atoms with van der Waals surface area (Å²) in [6.45, 7) is 7.85. The van der Waals surface area contributed by atoms with Gasteiger partial charge < -0.3 is 15.1 Å². The van der Waals surface area contributed by atoms with Gasteiger partial charge in [-0.1, -0.05) is 13.8 Å². The molecule has 0 aromatic rings. The fourth-order valence-electron chi connectivity index (χ4n) is 2.19. The predicted octanol–water partition coefficient (Wildman–Crippen LogP) is 0.785. The average Bonchev–Trinajstić information content (AvgIpc) is 2.68. The number of likely N-dealkylation sites (tertiary alicyclic amines) is 1. The van der Waals surface area contributed by atoms with Gasteiger partial charge in [0.1, 0.15) is 0 Å². The van der Waals surface area contributed by atoms with Gasteiger partial charge >= 0.3 is 0 Å². The third kappa shape index (κ3) is 5.50. The molecule has 0 aromatic carbocycles. The van der Waals surface area contributed by atoms with Crippen LogP contribution < -0.4 is 5.32 Å². The predicted molar refractivity (Wildman–Crippen MR) is 71.0 cm³/mol. The van der Waals surface area contributed by atoms with Gasteiger partial charge in [0, 0.05) is 26.2 Å². The van der Waals surface area contributed by atoms with E-state index in [1.54, 1.807) is 0 Å². The van der Waals surface area contributed by atoms with Crippen LogP contribution in [0.5, 0.6) is 0 Å². The lowest BCUT2D eigenvalue weighted by atomic mass is 10.1. The fraction of sp³-hybridized carbons (Fsp3) is 0.923. The van der Waals surface area contributed by atoms with Gasteiger partial charge in [-0.05, 0) is 32.4 Å². The van der Waals surface area contributed by atoms with Crippen molar-refractivity contribution in [3.05, 3.63) is 0 Å². The van der Waals surface area contributed by atoms with Crippen molar-refractivity contribution in [2.24, 2.45) is 5.92 Å². The van der Waals surface area contributed by atoms with Crippen molar-refractivity contribution in [2.45, 2.75) is 32.7 Å².